The number of benzene rings is 1. The molecule has 0 spiro atoms. The van der Waals surface area contributed by atoms with Crippen LogP contribution >= 0.6 is 11.6 Å². The summed E-state index contributed by atoms with van der Waals surface area (Å²) in [5.41, 5.74) is 2.03. The Morgan fingerprint density at radius 1 is 1.33 bits per heavy atom. The minimum absolute atomic E-state index is 0.563. The van der Waals surface area contributed by atoms with Crippen LogP contribution in [0.5, 0.6) is 5.75 Å². The lowest BCUT2D eigenvalue weighted by molar-refractivity contribution is 0.187. The molecular weight excluding hydrogens is 252 g/mol. The molecule has 0 amide bonds. The number of aryl methyl sites for hydroxylation is 1. The summed E-state index contributed by atoms with van der Waals surface area (Å²) in [5, 5.41) is 0. The van der Waals surface area contributed by atoms with E-state index in [1.807, 2.05) is 18.2 Å². The van der Waals surface area contributed by atoms with Gasteiger partial charge in [0.25, 0.3) is 0 Å². The molecule has 0 saturated carbocycles. The molecule has 0 aliphatic rings. The zero-order chi connectivity index (χ0) is 13.0. The summed E-state index contributed by atoms with van der Waals surface area (Å²) < 4.78 is 12.5. The van der Waals surface area contributed by atoms with Crippen LogP contribution in [0, 0.1) is 0 Å². The van der Waals surface area contributed by atoms with E-state index in [2.05, 4.69) is 9.55 Å². The van der Waals surface area contributed by atoms with Crippen molar-refractivity contribution < 1.29 is 9.47 Å². The molecule has 0 fully saturated rings. The lowest BCUT2D eigenvalue weighted by atomic mass is 10.3. The van der Waals surface area contributed by atoms with Gasteiger partial charge in [0, 0.05) is 32.0 Å². The van der Waals surface area contributed by atoms with Gasteiger partial charge in [0.15, 0.2) is 0 Å². The van der Waals surface area contributed by atoms with Crippen molar-refractivity contribution >= 4 is 22.6 Å². The first kappa shape index (κ1) is 13.2. The van der Waals surface area contributed by atoms with Crippen LogP contribution in [-0.2, 0) is 17.7 Å². The topological polar surface area (TPSA) is 36.3 Å². The van der Waals surface area contributed by atoms with Crippen molar-refractivity contribution in [3.05, 3.63) is 24.0 Å². The standard InChI is InChI=1S/C13H17ClN2O2/c1-17-8-7-16-12-9-10(18-2)3-4-11(12)15-13(16)5-6-14/h3-4,9H,5-8H2,1-2H3. The lowest BCUT2D eigenvalue weighted by Gasteiger charge is -2.08. The van der Waals surface area contributed by atoms with Gasteiger partial charge in [-0.25, -0.2) is 4.98 Å². The summed E-state index contributed by atoms with van der Waals surface area (Å²) in [6, 6.07) is 5.88. The van der Waals surface area contributed by atoms with Crippen LogP contribution in [0.4, 0.5) is 0 Å². The Balaban J connectivity index is 2.47. The lowest BCUT2D eigenvalue weighted by Crippen LogP contribution is -2.08. The van der Waals surface area contributed by atoms with Gasteiger partial charge in [-0.15, -0.1) is 11.6 Å². The molecule has 0 bridgehead atoms. The predicted molar refractivity (Wildman–Crippen MR) is 72.6 cm³/mol. The first-order valence-corrected chi connectivity index (χ1v) is 6.41. The van der Waals surface area contributed by atoms with Crippen LogP contribution in [0.15, 0.2) is 18.2 Å². The first-order valence-electron chi connectivity index (χ1n) is 5.88. The highest BCUT2D eigenvalue weighted by Crippen LogP contribution is 2.22. The van der Waals surface area contributed by atoms with Gasteiger partial charge in [-0.3, -0.25) is 0 Å². The Labute approximate surface area is 111 Å². The Morgan fingerprint density at radius 3 is 2.83 bits per heavy atom. The summed E-state index contributed by atoms with van der Waals surface area (Å²) in [6.45, 7) is 1.42. The van der Waals surface area contributed by atoms with Crippen LogP contribution in [0.25, 0.3) is 11.0 Å². The number of hydrogen-bond donors (Lipinski definition) is 0. The van der Waals surface area contributed by atoms with Gasteiger partial charge in [0.05, 0.1) is 24.8 Å². The number of aromatic nitrogens is 2. The molecule has 0 unspecified atom stereocenters. The van der Waals surface area contributed by atoms with E-state index in [0.29, 0.717) is 12.5 Å². The van der Waals surface area contributed by atoms with Gasteiger partial charge in [-0.05, 0) is 12.1 Å². The second kappa shape index (κ2) is 6.07. The molecule has 1 aromatic heterocycles. The maximum absolute atomic E-state index is 5.82. The SMILES string of the molecule is COCCn1c(CCCl)nc2ccc(OC)cc21. The summed E-state index contributed by atoms with van der Waals surface area (Å²) in [6.07, 6.45) is 0.752. The monoisotopic (exact) mass is 268 g/mol. The molecule has 1 aromatic carbocycles. The van der Waals surface area contributed by atoms with Gasteiger partial charge >= 0.3 is 0 Å². The molecule has 98 valence electrons. The Hall–Kier alpha value is -1.26. The highest BCUT2D eigenvalue weighted by atomic mass is 35.5. The zero-order valence-electron chi connectivity index (χ0n) is 10.6. The number of alkyl halides is 1. The van der Waals surface area contributed by atoms with Crippen molar-refractivity contribution in [2.45, 2.75) is 13.0 Å². The normalized spacial score (nSPS) is 11.1. The van der Waals surface area contributed by atoms with Gasteiger partial charge in [0.2, 0.25) is 0 Å². The average Bonchev–Trinajstić information content (AvgIpc) is 2.73. The van der Waals surface area contributed by atoms with Crippen molar-refractivity contribution in [3.8, 4) is 5.75 Å². The predicted octanol–water partition coefficient (Wildman–Crippen LogP) is 2.47. The van der Waals surface area contributed by atoms with E-state index in [4.69, 9.17) is 21.1 Å². The smallest absolute Gasteiger partial charge is 0.121 e. The second-order valence-electron chi connectivity index (χ2n) is 3.97. The van der Waals surface area contributed by atoms with E-state index in [9.17, 15) is 0 Å². The molecule has 0 aliphatic carbocycles. The molecule has 0 radical (unpaired) electrons. The number of rotatable bonds is 6. The molecule has 0 N–H and O–H groups in total. The Bertz CT molecular complexity index is 525. The molecule has 4 nitrogen and oxygen atoms in total. The van der Waals surface area contributed by atoms with Crippen LogP contribution < -0.4 is 4.74 Å². The maximum atomic E-state index is 5.82. The molecule has 0 aliphatic heterocycles. The number of methoxy groups -OCH3 is 2. The zero-order valence-corrected chi connectivity index (χ0v) is 11.4. The van der Waals surface area contributed by atoms with Crippen LogP contribution in [-0.4, -0.2) is 36.3 Å². The van der Waals surface area contributed by atoms with E-state index in [-0.39, 0.29) is 0 Å². The Kier molecular flexibility index (Phi) is 4.44. The highest BCUT2D eigenvalue weighted by Gasteiger charge is 2.10. The first-order chi connectivity index (χ1) is 8.80. The van der Waals surface area contributed by atoms with E-state index >= 15 is 0 Å². The molecule has 2 aromatic rings. The molecule has 18 heavy (non-hydrogen) atoms. The van der Waals surface area contributed by atoms with Crippen molar-refractivity contribution in [1.82, 2.24) is 9.55 Å². The molecule has 0 atom stereocenters. The number of imidazole rings is 1. The van der Waals surface area contributed by atoms with Gasteiger partial charge in [-0.2, -0.15) is 0 Å². The van der Waals surface area contributed by atoms with Crippen LogP contribution in [0.2, 0.25) is 0 Å². The van der Waals surface area contributed by atoms with Gasteiger partial charge < -0.3 is 14.0 Å². The number of halogens is 1. The quantitative estimate of drug-likeness (QED) is 0.755. The Morgan fingerprint density at radius 2 is 2.17 bits per heavy atom. The number of ether oxygens (including phenoxy) is 2. The van der Waals surface area contributed by atoms with Crippen molar-refractivity contribution in [2.24, 2.45) is 0 Å². The molecule has 5 heteroatoms. The fourth-order valence-electron chi connectivity index (χ4n) is 1.99. The van der Waals surface area contributed by atoms with E-state index in [0.717, 1.165) is 35.6 Å². The average molecular weight is 269 g/mol. The summed E-state index contributed by atoms with van der Waals surface area (Å²) in [4.78, 5) is 4.60. The second-order valence-corrected chi connectivity index (χ2v) is 4.34. The van der Waals surface area contributed by atoms with Crippen LogP contribution in [0.1, 0.15) is 5.82 Å². The minimum Gasteiger partial charge on any atom is -0.497 e. The third-order valence-electron chi connectivity index (χ3n) is 2.87. The van der Waals surface area contributed by atoms with Gasteiger partial charge in [-0.1, -0.05) is 0 Å². The third kappa shape index (κ3) is 2.60. The van der Waals surface area contributed by atoms with Crippen molar-refractivity contribution in [3.63, 3.8) is 0 Å². The largest absolute Gasteiger partial charge is 0.497 e. The summed E-state index contributed by atoms with van der Waals surface area (Å²) in [7, 11) is 3.36. The molecule has 1 heterocycles. The fourth-order valence-corrected chi connectivity index (χ4v) is 2.16. The summed E-state index contributed by atoms with van der Waals surface area (Å²) >= 11 is 5.82. The summed E-state index contributed by atoms with van der Waals surface area (Å²) in [5.74, 6) is 2.39. The number of nitrogens with zero attached hydrogens (tertiary/aromatic N) is 2. The number of fused-ring (bicyclic) bond motifs is 1. The maximum Gasteiger partial charge on any atom is 0.121 e. The molecule has 2 rings (SSSR count). The molecular formula is C13H17ClN2O2. The van der Waals surface area contributed by atoms with E-state index < -0.39 is 0 Å². The van der Waals surface area contributed by atoms with E-state index in [1.165, 1.54) is 0 Å². The van der Waals surface area contributed by atoms with Crippen molar-refractivity contribution in [2.75, 3.05) is 26.7 Å². The van der Waals surface area contributed by atoms with Gasteiger partial charge in [0.1, 0.15) is 11.6 Å². The fraction of sp³-hybridized carbons (Fsp3) is 0.462. The van der Waals surface area contributed by atoms with Crippen molar-refractivity contribution in [1.29, 1.82) is 0 Å². The minimum atomic E-state index is 0.563. The van der Waals surface area contributed by atoms with Crippen LogP contribution in [0.3, 0.4) is 0 Å². The highest BCUT2D eigenvalue weighted by molar-refractivity contribution is 6.17. The van der Waals surface area contributed by atoms with E-state index in [1.54, 1.807) is 14.2 Å². The molecule has 0 saturated heterocycles. The number of hydrogen-bond acceptors (Lipinski definition) is 3. The third-order valence-corrected chi connectivity index (χ3v) is 3.06.